The van der Waals surface area contributed by atoms with E-state index in [2.05, 4.69) is 26.2 Å². The fourth-order valence-corrected chi connectivity index (χ4v) is 2.25. The summed E-state index contributed by atoms with van der Waals surface area (Å²) in [7, 11) is 1.67. The summed E-state index contributed by atoms with van der Waals surface area (Å²) < 4.78 is 6.36. The lowest BCUT2D eigenvalue weighted by Crippen LogP contribution is -2.02. The van der Waals surface area contributed by atoms with Crippen LogP contribution in [0.2, 0.25) is 5.15 Å². The first-order valence-corrected chi connectivity index (χ1v) is 6.95. The van der Waals surface area contributed by atoms with Crippen molar-refractivity contribution in [3.63, 3.8) is 0 Å². The summed E-state index contributed by atoms with van der Waals surface area (Å²) in [6.07, 6.45) is 1.72. The molecule has 1 heterocycles. The SMILES string of the molecule is COc1ccc(Br)cc1CNc1cnc(Cl)c(C)c1. The summed E-state index contributed by atoms with van der Waals surface area (Å²) in [6, 6.07) is 7.89. The van der Waals surface area contributed by atoms with Gasteiger partial charge >= 0.3 is 0 Å². The van der Waals surface area contributed by atoms with Crippen molar-refractivity contribution in [3.8, 4) is 5.75 Å². The molecule has 0 amide bonds. The molecule has 0 atom stereocenters. The van der Waals surface area contributed by atoms with Gasteiger partial charge in [0, 0.05) is 16.6 Å². The number of ether oxygens (including phenoxy) is 1. The van der Waals surface area contributed by atoms with E-state index in [1.807, 2.05) is 31.2 Å². The van der Waals surface area contributed by atoms with Gasteiger partial charge in [-0.25, -0.2) is 4.98 Å². The van der Waals surface area contributed by atoms with Gasteiger partial charge < -0.3 is 10.1 Å². The molecule has 0 saturated heterocycles. The molecule has 2 rings (SSSR count). The molecule has 3 nitrogen and oxygen atoms in total. The highest BCUT2D eigenvalue weighted by Crippen LogP contribution is 2.24. The van der Waals surface area contributed by atoms with Crippen molar-refractivity contribution in [3.05, 3.63) is 51.2 Å². The topological polar surface area (TPSA) is 34.1 Å². The average Bonchev–Trinajstić information content (AvgIpc) is 2.40. The molecule has 0 bridgehead atoms. The number of anilines is 1. The lowest BCUT2D eigenvalue weighted by Gasteiger charge is -2.11. The van der Waals surface area contributed by atoms with E-state index in [1.54, 1.807) is 13.3 Å². The second kappa shape index (κ2) is 6.26. The van der Waals surface area contributed by atoms with Crippen molar-refractivity contribution in [2.45, 2.75) is 13.5 Å². The minimum atomic E-state index is 0.533. The van der Waals surface area contributed by atoms with Crippen molar-refractivity contribution in [2.24, 2.45) is 0 Å². The van der Waals surface area contributed by atoms with Gasteiger partial charge in [-0.05, 0) is 36.8 Å². The first-order valence-electron chi connectivity index (χ1n) is 5.78. The van der Waals surface area contributed by atoms with E-state index in [4.69, 9.17) is 16.3 Å². The van der Waals surface area contributed by atoms with Crippen LogP contribution in [0.1, 0.15) is 11.1 Å². The van der Waals surface area contributed by atoms with Crippen LogP contribution in [0.5, 0.6) is 5.75 Å². The maximum atomic E-state index is 5.90. The summed E-state index contributed by atoms with van der Waals surface area (Å²) in [5, 5.41) is 3.84. The van der Waals surface area contributed by atoms with Gasteiger partial charge in [-0.15, -0.1) is 0 Å². The van der Waals surface area contributed by atoms with E-state index >= 15 is 0 Å². The second-order valence-electron chi connectivity index (χ2n) is 4.14. The van der Waals surface area contributed by atoms with E-state index in [0.29, 0.717) is 11.7 Å². The Morgan fingerprint density at radius 3 is 2.84 bits per heavy atom. The summed E-state index contributed by atoms with van der Waals surface area (Å²) in [4.78, 5) is 4.11. The van der Waals surface area contributed by atoms with Gasteiger partial charge in [0.05, 0.1) is 19.0 Å². The van der Waals surface area contributed by atoms with Gasteiger partial charge in [0.15, 0.2) is 0 Å². The van der Waals surface area contributed by atoms with Crippen LogP contribution in [0.25, 0.3) is 0 Å². The number of aryl methyl sites for hydroxylation is 1. The number of aromatic nitrogens is 1. The maximum Gasteiger partial charge on any atom is 0.132 e. The van der Waals surface area contributed by atoms with Crippen LogP contribution in [0.3, 0.4) is 0 Å². The summed E-state index contributed by atoms with van der Waals surface area (Å²) in [5.41, 5.74) is 2.96. The number of nitrogens with one attached hydrogen (secondary N) is 1. The molecule has 19 heavy (non-hydrogen) atoms. The average molecular weight is 342 g/mol. The van der Waals surface area contributed by atoms with Crippen molar-refractivity contribution in [2.75, 3.05) is 12.4 Å². The molecule has 0 spiro atoms. The van der Waals surface area contributed by atoms with Crippen molar-refractivity contribution < 1.29 is 4.74 Å². The Morgan fingerprint density at radius 2 is 2.16 bits per heavy atom. The number of benzene rings is 1. The lowest BCUT2D eigenvalue weighted by molar-refractivity contribution is 0.410. The van der Waals surface area contributed by atoms with E-state index in [0.717, 1.165) is 27.0 Å². The predicted octanol–water partition coefficient (Wildman–Crippen LogP) is 4.43. The Morgan fingerprint density at radius 1 is 1.37 bits per heavy atom. The van der Waals surface area contributed by atoms with Gasteiger partial charge in [0.25, 0.3) is 0 Å². The molecule has 0 radical (unpaired) electrons. The van der Waals surface area contributed by atoms with E-state index in [9.17, 15) is 0 Å². The van der Waals surface area contributed by atoms with Gasteiger partial charge in [0.2, 0.25) is 0 Å². The van der Waals surface area contributed by atoms with Crippen LogP contribution in [-0.4, -0.2) is 12.1 Å². The Labute approximate surface area is 126 Å². The van der Waals surface area contributed by atoms with Crippen LogP contribution < -0.4 is 10.1 Å². The molecular formula is C14H14BrClN2O. The Hall–Kier alpha value is -1.26. The minimum Gasteiger partial charge on any atom is -0.496 e. The molecule has 0 unspecified atom stereocenters. The van der Waals surface area contributed by atoms with Crippen molar-refractivity contribution >= 4 is 33.2 Å². The third-order valence-electron chi connectivity index (χ3n) is 2.74. The van der Waals surface area contributed by atoms with E-state index in [1.165, 1.54) is 0 Å². The zero-order valence-corrected chi connectivity index (χ0v) is 13.0. The zero-order valence-electron chi connectivity index (χ0n) is 10.7. The molecule has 0 aliphatic rings. The molecule has 0 aliphatic heterocycles. The molecule has 0 fully saturated rings. The fourth-order valence-electron chi connectivity index (χ4n) is 1.74. The number of nitrogens with zero attached hydrogens (tertiary/aromatic N) is 1. The molecular weight excluding hydrogens is 328 g/mol. The normalized spacial score (nSPS) is 10.3. The molecule has 5 heteroatoms. The van der Waals surface area contributed by atoms with E-state index < -0.39 is 0 Å². The number of methoxy groups -OCH3 is 1. The molecule has 1 aromatic heterocycles. The van der Waals surface area contributed by atoms with Crippen LogP contribution >= 0.6 is 27.5 Å². The number of halogens is 2. The third kappa shape index (κ3) is 3.61. The van der Waals surface area contributed by atoms with Crippen LogP contribution in [-0.2, 0) is 6.54 Å². The second-order valence-corrected chi connectivity index (χ2v) is 5.42. The van der Waals surface area contributed by atoms with Gasteiger partial charge in [0.1, 0.15) is 10.9 Å². The zero-order chi connectivity index (χ0) is 13.8. The standard InChI is InChI=1S/C14H14BrClN2O/c1-9-5-12(8-18-14(9)16)17-7-10-6-11(15)3-4-13(10)19-2/h3-6,8,17H,7H2,1-2H3. The van der Waals surface area contributed by atoms with Gasteiger partial charge in [-0.3, -0.25) is 0 Å². The molecule has 0 aliphatic carbocycles. The predicted molar refractivity (Wildman–Crippen MR) is 82.0 cm³/mol. The molecule has 100 valence electrons. The Balaban J connectivity index is 2.13. The number of pyridine rings is 1. The highest BCUT2D eigenvalue weighted by molar-refractivity contribution is 9.10. The molecule has 1 N–H and O–H groups in total. The number of hydrogen-bond donors (Lipinski definition) is 1. The van der Waals surface area contributed by atoms with Gasteiger partial charge in [-0.1, -0.05) is 27.5 Å². The summed E-state index contributed by atoms with van der Waals surface area (Å²) in [5.74, 6) is 0.856. The molecule has 2 aromatic rings. The van der Waals surface area contributed by atoms with E-state index in [-0.39, 0.29) is 0 Å². The quantitative estimate of drug-likeness (QED) is 0.836. The van der Waals surface area contributed by atoms with Gasteiger partial charge in [-0.2, -0.15) is 0 Å². The summed E-state index contributed by atoms with van der Waals surface area (Å²) in [6.45, 7) is 2.59. The monoisotopic (exact) mass is 340 g/mol. The minimum absolute atomic E-state index is 0.533. The van der Waals surface area contributed by atoms with Crippen molar-refractivity contribution in [1.82, 2.24) is 4.98 Å². The third-order valence-corrected chi connectivity index (χ3v) is 3.63. The van der Waals surface area contributed by atoms with Crippen LogP contribution in [0.15, 0.2) is 34.9 Å². The highest BCUT2D eigenvalue weighted by Gasteiger charge is 2.04. The Bertz CT molecular complexity index is 590. The number of hydrogen-bond acceptors (Lipinski definition) is 3. The molecule has 0 saturated carbocycles. The van der Waals surface area contributed by atoms with Crippen molar-refractivity contribution in [1.29, 1.82) is 0 Å². The maximum absolute atomic E-state index is 5.90. The highest BCUT2D eigenvalue weighted by atomic mass is 79.9. The Kier molecular flexibility index (Phi) is 4.66. The molecule has 1 aromatic carbocycles. The number of rotatable bonds is 4. The van der Waals surface area contributed by atoms with Crippen LogP contribution in [0, 0.1) is 6.92 Å². The summed E-state index contributed by atoms with van der Waals surface area (Å²) >= 11 is 9.36. The van der Waals surface area contributed by atoms with Crippen LogP contribution in [0.4, 0.5) is 5.69 Å². The first kappa shape index (κ1) is 14.2. The first-order chi connectivity index (χ1) is 9.10. The fraction of sp³-hybridized carbons (Fsp3) is 0.214. The smallest absolute Gasteiger partial charge is 0.132 e. The largest absolute Gasteiger partial charge is 0.496 e. The lowest BCUT2D eigenvalue weighted by atomic mass is 10.2.